The van der Waals surface area contributed by atoms with E-state index in [-0.39, 0.29) is 19.1 Å². The number of rotatable bonds is 34. The predicted octanol–water partition coefficient (Wildman–Crippen LogP) is 9.50. The van der Waals surface area contributed by atoms with E-state index in [0.29, 0.717) is 17.4 Å². The van der Waals surface area contributed by atoms with Crippen LogP contribution in [-0.4, -0.2) is 68.5 Å². The fourth-order valence-corrected chi connectivity index (χ4v) is 5.89. The van der Waals surface area contributed by atoms with Crippen molar-refractivity contribution in [1.29, 1.82) is 0 Å². The highest BCUT2D eigenvalue weighted by atomic mass is 31.2. The van der Waals surface area contributed by atoms with Crippen LogP contribution in [0.4, 0.5) is 0 Å². The van der Waals surface area contributed by atoms with Gasteiger partial charge in [-0.05, 0) is 51.4 Å². The van der Waals surface area contributed by atoms with Gasteiger partial charge in [-0.3, -0.25) is 9.36 Å². The molecule has 49 heavy (non-hydrogen) atoms. The maximum atomic E-state index is 12.8. The van der Waals surface area contributed by atoms with E-state index in [4.69, 9.17) is 9.05 Å². The molecule has 0 spiro atoms. The summed E-state index contributed by atoms with van der Waals surface area (Å²) in [5.74, 6) is -0.213. The minimum Gasteiger partial charge on any atom is -0.756 e. The summed E-state index contributed by atoms with van der Waals surface area (Å²) in [5, 5.41) is 13.7. The quantitative estimate of drug-likeness (QED) is 0.0298. The van der Waals surface area contributed by atoms with E-state index in [9.17, 15) is 19.4 Å². The Balaban J connectivity index is 4.48. The van der Waals surface area contributed by atoms with Crippen molar-refractivity contribution in [1.82, 2.24) is 5.32 Å². The number of allylic oxidation sites excluding steroid dienone is 7. The van der Waals surface area contributed by atoms with Crippen LogP contribution in [0.25, 0.3) is 0 Å². The predicted molar refractivity (Wildman–Crippen MR) is 205 cm³/mol. The van der Waals surface area contributed by atoms with Gasteiger partial charge < -0.3 is 28.8 Å². The van der Waals surface area contributed by atoms with Crippen LogP contribution in [-0.2, 0) is 18.4 Å². The molecule has 0 heterocycles. The number of phosphoric acid groups is 1. The van der Waals surface area contributed by atoms with Gasteiger partial charge in [0.05, 0.1) is 39.9 Å². The number of carbonyl (C=O) groups is 1. The number of nitrogens with zero attached hydrogens (tertiary/aromatic N) is 1. The SMILES string of the molecule is CC/C=C\C/C=C\C/C=C\CCCCCCCCCC(=O)NC(COP(=O)([O-])OCC[N+](C)(C)C)C(O)/C=C/CCCCCCCCCC. The number of hydrogen-bond donors (Lipinski definition) is 2. The lowest BCUT2D eigenvalue weighted by molar-refractivity contribution is -0.870. The molecule has 0 aliphatic carbocycles. The minimum absolute atomic E-state index is 0.00510. The highest BCUT2D eigenvalue weighted by Crippen LogP contribution is 2.38. The van der Waals surface area contributed by atoms with Gasteiger partial charge in [-0.25, -0.2) is 0 Å². The Morgan fingerprint density at radius 2 is 1.24 bits per heavy atom. The largest absolute Gasteiger partial charge is 0.756 e. The minimum atomic E-state index is -4.58. The van der Waals surface area contributed by atoms with Crippen LogP contribution in [0, 0.1) is 0 Å². The summed E-state index contributed by atoms with van der Waals surface area (Å²) in [6.45, 7) is 4.48. The molecule has 0 aliphatic rings. The van der Waals surface area contributed by atoms with Gasteiger partial charge in [0.1, 0.15) is 13.2 Å². The molecule has 0 aromatic heterocycles. The Hall–Kier alpha value is -1.54. The lowest BCUT2D eigenvalue weighted by atomic mass is 10.1. The zero-order valence-electron chi connectivity index (χ0n) is 32.1. The van der Waals surface area contributed by atoms with Crippen molar-refractivity contribution in [2.75, 3.05) is 40.9 Å². The van der Waals surface area contributed by atoms with E-state index < -0.39 is 20.0 Å². The number of likely N-dealkylation sites (N-methyl/N-ethyl adjacent to an activating group) is 1. The molecule has 0 saturated heterocycles. The fourth-order valence-electron chi connectivity index (χ4n) is 5.16. The van der Waals surface area contributed by atoms with Gasteiger partial charge >= 0.3 is 0 Å². The average molecular weight is 711 g/mol. The van der Waals surface area contributed by atoms with E-state index >= 15 is 0 Å². The van der Waals surface area contributed by atoms with Crippen molar-refractivity contribution >= 4 is 13.7 Å². The lowest BCUT2D eigenvalue weighted by Crippen LogP contribution is -2.45. The number of hydrogen-bond acceptors (Lipinski definition) is 6. The molecule has 1 amide bonds. The Bertz CT molecular complexity index is 944. The van der Waals surface area contributed by atoms with Crippen LogP contribution in [0.3, 0.4) is 0 Å². The number of unbranched alkanes of at least 4 members (excludes halogenated alkanes) is 15. The zero-order valence-corrected chi connectivity index (χ0v) is 33.0. The van der Waals surface area contributed by atoms with Crippen molar-refractivity contribution in [2.24, 2.45) is 0 Å². The van der Waals surface area contributed by atoms with Gasteiger partial charge in [-0.2, -0.15) is 0 Å². The van der Waals surface area contributed by atoms with E-state index in [0.717, 1.165) is 70.6 Å². The van der Waals surface area contributed by atoms with Gasteiger partial charge in [-0.15, -0.1) is 0 Å². The Morgan fingerprint density at radius 1 is 0.735 bits per heavy atom. The highest BCUT2D eigenvalue weighted by molar-refractivity contribution is 7.45. The molecule has 3 atom stereocenters. The maximum Gasteiger partial charge on any atom is 0.268 e. The summed E-state index contributed by atoms with van der Waals surface area (Å²) in [6.07, 6.45) is 38.6. The number of amides is 1. The highest BCUT2D eigenvalue weighted by Gasteiger charge is 2.23. The van der Waals surface area contributed by atoms with Gasteiger partial charge in [0.25, 0.3) is 7.82 Å². The second kappa shape index (κ2) is 32.4. The normalized spacial score (nSPS) is 15.2. The van der Waals surface area contributed by atoms with E-state index in [1.54, 1.807) is 6.08 Å². The molecular formula is C40H75N2O6P. The van der Waals surface area contributed by atoms with Crippen molar-refractivity contribution in [3.05, 3.63) is 48.6 Å². The summed E-state index contributed by atoms with van der Waals surface area (Å²) in [6, 6.07) is -0.889. The van der Waals surface area contributed by atoms with E-state index in [1.807, 2.05) is 27.2 Å². The summed E-state index contributed by atoms with van der Waals surface area (Å²) in [5.41, 5.74) is 0. The second-order valence-corrected chi connectivity index (χ2v) is 15.7. The maximum absolute atomic E-state index is 12.8. The van der Waals surface area contributed by atoms with Crippen LogP contribution in [0.2, 0.25) is 0 Å². The van der Waals surface area contributed by atoms with Crippen molar-refractivity contribution in [3.8, 4) is 0 Å². The first-order valence-electron chi connectivity index (χ1n) is 19.5. The van der Waals surface area contributed by atoms with Crippen LogP contribution >= 0.6 is 7.82 Å². The molecule has 0 saturated carbocycles. The number of quaternary nitrogens is 1. The Morgan fingerprint density at radius 3 is 1.82 bits per heavy atom. The molecule has 9 heteroatoms. The molecule has 0 fully saturated rings. The third-order valence-corrected chi connectivity index (χ3v) is 9.26. The van der Waals surface area contributed by atoms with Crippen LogP contribution in [0.5, 0.6) is 0 Å². The van der Waals surface area contributed by atoms with E-state index in [1.165, 1.54) is 57.8 Å². The molecule has 0 rings (SSSR count). The van der Waals surface area contributed by atoms with Gasteiger partial charge in [0, 0.05) is 6.42 Å². The molecule has 3 unspecified atom stereocenters. The molecule has 0 aliphatic heterocycles. The molecule has 2 N–H and O–H groups in total. The van der Waals surface area contributed by atoms with Crippen LogP contribution in [0.15, 0.2) is 48.6 Å². The van der Waals surface area contributed by atoms with Crippen LogP contribution < -0.4 is 10.2 Å². The number of phosphoric ester groups is 1. The van der Waals surface area contributed by atoms with Crippen molar-refractivity contribution in [2.45, 2.75) is 161 Å². The zero-order chi connectivity index (χ0) is 36.5. The smallest absolute Gasteiger partial charge is 0.268 e. The molecule has 286 valence electrons. The molecule has 0 radical (unpaired) electrons. The van der Waals surface area contributed by atoms with Gasteiger partial charge in [0.2, 0.25) is 5.91 Å². The summed E-state index contributed by atoms with van der Waals surface area (Å²) in [4.78, 5) is 25.1. The Kier molecular flexibility index (Phi) is 31.4. The third kappa shape index (κ3) is 34.7. The second-order valence-electron chi connectivity index (χ2n) is 14.3. The summed E-state index contributed by atoms with van der Waals surface area (Å²) in [7, 11) is 1.24. The number of nitrogens with one attached hydrogen (secondary N) is 1. The monoisotopic (exact) mass is 711 g/mol. The molecule has 8 nitrogen and oxygen atoms in total. The van der Waals surface area contributed by atoms with Crippen LogP contribution in [0.1, 0.15) is 149 Å². The van der Waals surface area contributed by atoms with Crippen molar-refractivity contribution in [3.63, 3.8) is 0 Å². The van der Waals surface area contributed by atoms with Gasteiger partial charge in [-0.1, -0.05) is 140 Å². The van der Waals surface area contributed by atoms with Crippen molar-refractivity contribution < 1.29 is 32.9 Å². The first-order valence-corrected chi connectivity index (χ1v) is 21.0. The molecular weight excluding hydrogens is 635 g/mol. The molecule has 0 aromatic rings. The summed E-state index contributed by atoms with van der Waals surface area (Å²) >= 11 is 0. The number of carbonyl (C=O) groups excluding carboxylic acids is 1. The first-order chi connectivity index (χ1) is 23.5. The van der Waals surface area contributed by atoms with Gasteiger partial charge in [0.15, 0.2) is 0 Å². The standard InChI is InChI=1S/C40H75N2O6P/c1-6-8-10-12-14-16-18-19-20-21-22-23-24-26-28-30-32-34-40(44)41-38(37-48-49(45,46)47-36-35-42(3,4)5)39(43)33-31-29-27-25-17-15-13-11-9-7-2/h8,10,14,16,19-20,31,33,38-39,43H,6-7,9,11-13,15,17-18,21-30,32,34-37H2,1-5H3,(H-,41,44,45,46)/b10-8-,16-14-,20-19-,33-31+. The molecule has 0 aromatic carbocycles. The third-order valence-electron chi connectivity index (χ3n) is 8.29. The number of aliphatic hydroxyl groups excluding tert-OH is 1. The fraction of sp³-hybridized carbons (Fsp3) is 0.775. The Labute approximate surface area is 301 Å². The van der Waals surface area contributed by atoms with E-state index in [2.05, 4.69) is 55.6 Å². The first kappa shape index (κ1) is 47.5. The topological polar surface area (TPSA) is 108 Å². The lowest BCUT2D eigenvalue weighted by Gasteiger charge is -2.29. The molecule has 0 bridgehead atoms. The average Bonchev–Trinajstić information content (AvgIpc) is 3.04. The summed E-state index contributed by atoms with van der Waals surface area (Å²) < 4.78 is 23.1. The number of aliphatic hydroxyl groups is 1.